The standard InChI is InChI=1S/C18H22Cl2O/c1-13(18(20)11-19)9-14(12-21)10-16-7-4-6-15-5-2-3-8-17(15)16/h2-8,13-14,18,21H,9-12H2,1H3/t13-,14+,18-/m0/s1. The smallest absolute Gasteiger partial charge is 0.0497 e. The van der Waals surface area contributed by atoms with Crippen LogP contribution in [0.1, 0.15) is 18.9 Å². The van der Waals surface area contributed by atoms with Gasteiger partial charge in [-0.1, -0.05) is 49.4 Å². The van der Waals surface area contributed by atoms with Crippen LogP contribution in [-0.2, 0) is 6.42 Å². The van der Waals surface area contributed by atoms with Gasteiger partial charge in [0, 0.05) is 17.9 Å². The van der Waals surface area contributed by atoms with Crippen LogP contribution >= 0.6 is 23.2 Å². The van der Waals surface area contributed by atoms with Gasteiger partial charge in [0.05, 0.1) is 0 Å². The number of hydrogen-bond acceptors (Lipinski definition) is 1. The molecule has 0 amide bonds. The predicted octanol–water partition coefficient (Wildman–Crippen LogP) is 4.86. The molecule has 0 saturated heterocycles. The number of hydrogen-bond donors (Lipinski definition) is 1. The number of aliphatic hydroxyl groups is 1. The Morgan fingerprint density at radius 1 is 1.10 bits per heavy atom. The van der Waals surface area contributed by atoms with Gasteiger partial charge < -0.3 is 5.11 Å². The number of aliphatic hydroxyl groups excluding tert-OH is 1. The van der Waals surface area contributed by atoms with E-state index in [0.29, 0.717) is 11.8 Å². The van der Waals surface area contributed by atoms with Gasteiger partial charge in [-0.05, 0) is 41.0 Å². The van der Waals surface area contributed by atoms with Crippen molar-refractivity contribution >= 4 is 34.0 Å². The zero-order valence-corrected chi connectivity index (χ0v) is 13.8. The second-order valence-corrected chi connectivity index (χ2v) is 6.64. The second kappa shape index (κ2) is 8.03. The molecule has 0 heterocycles. The summed E-state index contributed by atoms with van der Waals surface area (Å²) in [4.78, 5) is 0. The summed E-state index contributed by atoms with van der Waals surface area (Å²) >= 11 is 12.0. The molecule has 0 aliphatic carbocycles. The van der Waals surface area contributed by atoms with Gasteiger partial charge in [-0.2, -0.15) is 0 Å². The van der Waals surface area contributed by atoms with Crippen LogP contribution in [0.5, 0.6) is 0 Å². The van der Waals surface area contributed by atoms with Gasteiger partial charge in [0.1, 0.15) is 0 Å². The Hall–Kier alpha value is -0.760. The molecule has 2 aromatic carbocycles. The monoisotopic (exact) mass is 324 g/mol. The second-order valence-electron chi connectivity index (χ2n) is 5.77. The van der Waals surface area contributed by atoms with E-state index < -0.39 is 0 Å². The van der Waals surface area contributed by atoms with E-state index >= 15 is 0 Å². The molecule has 2 rings (SSSR count). The molecule has 0 unspecified atom stereocenters. The van der Waals surface area contributed by atoms with E-state index in [-0.39, 0.29) is 17.9 Å². The summed E-state index contributed by atoms with van der Waals surface area (Å²) in [6.07, 6.45) is 1.76. The minimum Gasteiger partial charge on any atom is -0.396 e. The van der Waals surface area contributed by atoms with E-state index in [1.807, 2.05) is 0 Å². The third kappa shape index (κ3) is 4.35. The third-order valence-electron chi connectivity index (χ3n) is 4.12. The predicted molar refractivity (Wildman–Crippen MR) is 92.4 cm³/mol. The first-order valence-corrected chi connectivity index (χ1v) is 8.40. The first-order chi connectivity index (χ1) is 10.2. The quantitative estimate of drug-likeness (QED) is 0.721. The largest absolute Gasteiger partial charge is 0.396 e. The SMILES string of the molecule is C[C@@H](C[C@@H](CO)Cc1cccc2ccccc12)[C@@H](Cl)CCl. The van der Waals surface area contributed by atoms with Crippen molar-refractivity contribution in [1.29, 1.82) is 0 Å². The van der Waals surface area contributed by atoms with E-state index in [9.17, 15) is 5.11 Å². The summed E-state index contributed by atoms with van der Waals surface area (Å²) < 4.78 is 0. The maximum Gasteiger partial charge on any atom is 0.0497 e. The maximum absolute atomic E-state index is 9.69. The molecule has 1 N–H and O–H groups in total. The molecule has 0 aliphatic heterocycles. The molecule has 2 aromatic rings. The molecule has 3 atom stereocenters. The van der Waals surface area contributed by atoms with Crippen LogP contribution in [0.4, 0.5) is 0 Å². The highest BCUT2D eigenvalue weighted by molar-refractivity contribution is 6.28. The number of rotatable bonds is 7. The van der Waals surface area contributed by atoms with E-state index in [1.54, 1.807) is 0 Å². The fourth-order valence-electron chi connectivity index (χ4n) is 2.83. The number of halogens is 2. The lowest BCUT2D eigenvalue weighted by Gasteiger charge is -2.22. The Bertz CT molecular complexity index is 565. The molecule has 0 spiro atoms. The summed E-state index contributed by atoms with van der Waals surface area (Å²) in [5, 5.41) is 12.2. The number of benzene rings is 2. The van der Waals surface area contributed by atoms with Gasteiger partial charge in [-0.3, -0.25) is 0 Å². The first-order valence-electron chi connectivity index (χ1n) is 7.43. The molecule has 3 heteroatoms. The molecule has 0 saturated carbocycles. The van der Waals surface area contributed by atoms with Crippen LogP contribution in [0.25, 0.3) is 10.8 Å². The van der Waals surface area contributed by atoms with Crippen LogP contribution in [0, 0.1) is 11.8 Å². The number of alkyl halides is 2. The Labute approximate surface area is 136 Å². The molecule has 21 heavy (non-hydrogen) atoms. The van der Waals surface area contributed by atoms with E-state index in [2.05, 4.69) is 49.4 Å². The highest BCUT2D eigenvalue weighted by Gasteiger charge is 2.19. The number of fused-ring (bicyclic) bond motifs is 1. The molecule has 0 bridgehead atoms. The highest BCUT2D eigenvalue weighted by atomic mass is 35.5. The average Bonchev–Trinajstić information content (AvgIpc) is 2.53. The van der Waals surface area contributed by atoms with Gasteiger partial charge in [0.25, 0.3) is 0 Å². The van der Waals surface area contributed by atoms with Crippen molar-refractivity contribution in [2.24, 2.45) is 11.8 Å². The van der Waals surface area contributed by atoms with E-state index in [1.165, 1.54) is 16.3 Å². The van der Waals surface area contributed by atoms with Crippen LogP contribution in [-0.4, -0.2) is 23.0 Å². The fraction of sp³-hybridized carbons (Fsp3) is 0.444. The molecule has 0 aromatic heterocycles. The van der Waals surface area contributed by atoms with Gasteiger partial charge in [0.2, 0.25) is 0 Å². The summed E-state index contributed by atoms with van der Waals surface area (Å²) in [6.45, 7) is 2.28. The van der Waals surface area contributed by atoms with Crippen molar-refractivity contribution in [3.63, 3.8) is 0 Å². The van der Waals surface area contributed by atoms with Gasteiger partial charge >= 0.3 is 0 Å². The van der Waals surface area contributed by atoms with Gasteiger partial charge in [-0.25, -0.2) is 0 Å². The minimum atomic E-state index is -0.0340. The normalized spacial score (nSPS) is 15.8. The van der Waals surface area contributed by atoms with Crippen LogP contribution in [0.15, 0.2) is 42.5 Å². The lowest BCUT2D eigenvalue weighted by Crippen LogP contribution is -2.20. The summed E-state index contributed by atoms with van der Waals surface area (Å²) in [5.41, 5.74) is 1.29. The zero-order valence-electron chi connectivity index (χ0n) is 12.3. The highest BCUT2D eigenvalue weighted by Crippen LogP contribution is 2.26. The van der Waals surface area contributed by atoms with Gasteiger partial charge in [0.15, 0.2) is 0 Å². The van der Waals surface area contributed by atoms with Crippen LogP contribution in [0.3, 0.4) is 0 Å². The van der Waals surface area contributed by atoms with Crippen LogP contribution in [0.2, 0.25) is 0 Å². The molecular weight excluding hydrogens is 303 g/mol. The maximum atomic E-state index is 9.69. The van der Waals surface area contributed by atoms with Gasteiger partial charge in [-0.15, -0.1) is 23.2 Å². The van der Waals surface area contributed by atoms with Crippen molar-refractivity contribution in [3.05, 3.63) is 48.0 Å². The van der Waals surface area contributed by atoms with Crippen LogP contribution < -0.4 is 0 Å². The summed E-state index contributed by atoms with van der Waals surface area (Å²) in [6, 6.07) is 14.7. The molecule has 114 valence electrons. The Balaban J connectivity index is 2.13. The lowest BCUT2D eigenvalue weighted by molar-refractivity contribution is 0.202. The third-order valence-corrected chi connectivity index (χ3v) is 5.19. The Kier molecular flexibility index (Phi) is 6.35. The van der Waals surface area contributed by atoms with E-state index in [4.69, 9.17) is 23.2 Å². The van der Waals surface area contributed by atoms with Crippen molar-refractivity contribution in [1.82, 2.24) is 0 Å². The zero-order chi connectivity index (χ0) is 15.2. The van der Waals surface area contributed by atoms with E-state index in [0.717, 1.165) is 12.8 Å². The lowest BCUT2D eigenvalue weighted by atomic mass is 9.88. The topological polar surface area (TPSA) is 20.2 Å². The Morgan fingerprint density at radius 2 is 1.81 bits per heavy atom. The first kappa shape index (κ1) is 16.6. The minimum absolute atomic E-state index is 0.0340. The summed E-state index contributed by atoms with van der Waals surface area (Å²) in [5.74, 6) is 0.973. The van der Waals surface area contributed by atoms with Crippen molar-refractivity contribution < 1.29 is 5.11 Å². The van der Waals surface area contributed by atoms with Crippen molar-refractivity contribution in [3.8, 4) is 0 Å². The fourth-order valence-corrected chi connectivity index (χ4v) is 3.24. The molecular formula is C18H22Cl2O. The molecule has 0 aliphatic rings. The molecule has 1 nitrogen and oxygen atoms in total. The Morgan fingerprint density at radius 3 is 2.52 bits per heavy atom. The van der Waals surface area contributed by atoms with Crippen molar-refractivity contribution in [2.45, 2.75) is 25.1 Å². The molecule has 0 fully saturated rings. The average molecular weight is 325 g/mol. The van der Waals surface area contributed by atoms with Crippen molar-refractivity contribution in [2.75, 3.05) is 12.5 Å². The molecule has 0 radical (unpaired) electrons. The summed E-state index contributed by atoms with van der Waals surface area (Å²) in [7, 11) is 0.